The molecule has 11 nitrogen and oxygen atoms in total. The van der Waals surface area contributed by atoms with Crippen molar-refractivity contribution in [2.24, 2.45) is 5.41 Å². The Morgan fingerprint density at radius 1 is 1.14 bits per heavy atom. The van der Waals surface area contributed by atoms with Gasteiger partial charge in [-0.2, -0.15) is 18.2 Å². The number of sulfonamides is 1. The van der Waals surface area contributed by atoms with E-state index in [0.717, 1.165) is 51.2 Å². The number of nitrogens with one attached hydrogen (secondary N) is 4. The zero-order valence-corrected chi connectivity index (χ0v) is 25.2. The van der Waals surface area contributed by atoms with Crippen LogP contribution >= 0.6 is 0 Å². The highest BCUT2D eigenvalue weighted by Crippen LogP contribution is 2.58. The lowest BCUT2D eigenvalue weighted by atomic mass is 9.81. The van der Waals surface area contributed by atoms with Crippen LogP contribution in [0.15, 0.2) is 24.4 Å². The summed E-state index contributed by atoms with van der Waals surface area (Å²) in [4.78, 5) is 23.2. The monoisotopic (exact) mass is 625 g/mol. The summed E-state index contributed by atoms with van der Waals surface area (Å²) in [6.07, 6.45) is 2.38. The number of carbonyl (C=O) groups excluding carboxylic acids is 1. The van der Waals surface area contributed by atoms with E-state index in [2.05, 4.69) is 35.5 Å². The largest absolute Gasteiger partial charge is 0.495 e. The summed E-state index contributed by atoms with van der Waals surface area (Å²) in [6.45, 7) is 1.81. The summed E-state index contributed by atoms with van der Waals surface area (Å²) >= 11 is 0. The van der Waals surface area contributed by atoms with Gasteiger partial charge in [-0.15, -0.1) is 0 Å². The van der Waals surface area contributed by atoms with E-state index in [9.17, 15) is 26.4 Å². The minimum Gasteiger partial charge on any atom is -0.495 e. The van der Waals surface area contributed by atoms with Crippen molar-refractivity contribution in [2.45, 2.75) is 69.2 Å². The molecule has 1 aromatic heterocycles. The van der Waals surface area contributed by atoms with Gasteiger partial charge in [0.2, 0.25) is 16.0 Å². The number of halogens is 3. The van der Waals surface area contributed by atoms with E-state index in [1.807, 2.05) is 7.05 Å². The number of piperidine rings is 1. The van der Waals surface area contributed by atoms with Gasteiger partial charge in [-0.3, -0.25) is 4.79 Å². The van der Waals surface area contributed by atoms with Crippen LogP contribution < -0.4 is 25.4 Å². The maximum absolute atomic E-state index is 13.9. The molecule has 15 heteroatoms. The van der Waals surface area contributed by atoms with Crippen molar-refractivity contribution >= 4 is 33.4 Å². The summed E-state index contributed by atoms with van der Waals surface area (Å²) in [5.74, 6) is -0.418. The highest BCUT2D eigenvalue weighted by atomic mass is 32.2. The Bertz CT molecular complexity index is 1450. The predicted octanol–water partition coefficient (Wildman–Crippen LogP) is 3.73. The van der Waals surface area contributed by atoms with Crippen LogP contribution in [0.25, 0.3) is 0 Å². The van der Waals surface area contributed by atoms with E-state index in [-0.39, 0.29) is 35.8 Å². The molecule has 1 aliphatic heterocycles. The van der Waals surface area contributed by atoms with Gasteiger partial charge in [0.25, 0.3) is 5.91 Å². The normalized spacial score (nSPS) is 24.9. The van der Waals surface area contributed by atoms with E-state index in [4.69, 9.17) is 4.74 Å². The number of carbonyl (C=O) groups is 1. The number of nitrogens with zero attached hydrogens (tertiary/aromatic N) is 3. The summed E-state index contributed by atoms with van der Waals surface area (Å²) < 4.78 is 73.9. The summed E-state index contributed by atoms with van der Waals surface area (Å²) in [5, 5.41) is 8.92. The van der Waals surface area contributed by atoms with Crippen molar-refractivity contribution in [2.75, 3.05) is 44.1 Å². The average molecular weight is 626 g/mol. The Hall–Kier alpha value is -3.17. The van der Waals surface area contributed by atoms with Crippen molar-refractivity contribution < 1.29 is 31.1 Å². The van der Waals surface area contributed by atoms with Crippen molar-refractivity contribution in [3.63, 3.8) is 0 Å². The summed E-state index contributed by atoms with van der Waals surface area (Å²) in [5.41, 5.74) is -0.732. The molecule has 4 N–H and O–H groups in total. The Labute approximate surface area is 249 Å². The van der Waals surface area contributed by atoms with Crippen molar-refractivity contribution in [3.8, 4) is 5.75 Å². The van der Waals surface area contributed by atoms with Crippen molar-refractivity contribution in [1.82, 2.24) is 24.9 Å². The number of methoxy groups -OCH3 is 1. The minimum atomic E-state index is -4.71. The predicted molar refractivity (Wildman–Crippen MR) is 156 cm³/mol. The third-order valence-electron chi connectivity index (χ3n) is 8.72. The molecule has 0 unspecified atom stereocenters. The van der Waals surface area contributed by atoms with Crippen molar-refractivity contribution in [3.05, 3.63) is 35.5 Å². The smallest absolute Gasteiger partial charge is 0.421 e. The number of aromatic nitrogens is 2. The third kappa shape index (κ3) is 7.32. The molecule has 236 valence electrons. The topological polar surface area (TPSA) is 138 Å². The molecule has 5 rings (SSSR count). The lowest BCUT2D eigenvalue weighted by molar-refractivity contribution is -0.137. The first-order valence-corrected chi connectivity index (χ1v) is 16.3. The summed E-state index contributed by atoms with van der Waals surface area (Å²) in [7, 11) is -0.00900. The maximum Gasteiger partial charge on any atom is 0.421 e. The number of hydrogen-bond acceptors (Lipinski definition) is 9. The molecule has 43 heavy (non-hydrogen) atoms. The Morgan fingerprint density at radius 3 is 2.56 bits per heavy atom. The molecule has 1 saturated heterocycles. The minimum absolute atomic E-state index is 0.0793. The average Bonchev–Trinajstić information content (AvgIpc) is 3.62. The van der Waals surface area contributed by atoms with Crippen LogP contribution in [0.3, 0.4) is 0 Å². The van der Waals surface area contributed by atoms with Crippen LogP contribution in [-0.2, 0) is 16.2 Å². The number of amides is 1. The quantitative estimate of drug-likeness (QED) is 0.329. The van der Waals surface area contributed by atoms with Gasteiger partial charge >= 0.3 is 6.18 Å². The first kappa shape index (κ1) is 31.3. The van der Waals surface area contributed by atoms with E-state index in [0.29, 0.717) is 36.3 Å². The number of alkyl halides is 3. The van der Waals surface area contributed by atoms with Gasteiger partial charge in [0.1, 0.15) is 17.1 Å². The van der Waals surface area contributed by atoms with Crippen LogP contribution in [0, 0.1) is 5.41 Å². The molecule has 3 aliphatic rings. The molecule has 1 aromatic carbocycles. The van der Waals surface area contributed by atoms with Crippen LogP contribution in [0.2, 0.25) is 0 Å². The Morgan fingerprint density at radius 2 is 1.88 bits per heavy atom. The first-order chi connectivity index (χ1) is 20.3. The number of ether oxygens (including phenoxy) is 1. The zero-order chi connectivity index (χ0) is 31.0. The van der Waals surface area contributed by atoms with Gasteiger partial charge in [-0.1, -0.05) is 12.8 Å². The molecule has 2 aromatic rings. The SMILES string of the molecule is COc1cc(C(=O)NC2CCN(C)CC2)ccc1Nc1ncc(C(F)(F)F)c(N[C@@H]2C[C@@]23CCCC[C@H]3NS(C)(=O)=O)n1. The fourth-order valence-electron chi connectivity index (χ4n) is 6.28. The van der Waals surface area contributed by atoms with E-state index in [1.54, 1.807) is 18.2 Å². The molecule has 2 aliphatic carbocycles. The lowest BCUT2D eigenvalue weighted by Crippen LogP contribution is -2.45. The van der Waals surface area contributed by atoms with Crippen LogP contribution in [-0.4, -0.2) is 80.8 Å². The highest BCUT2D eigenvalue weighted by Gasteiger charge is 2.60. The molecule has 1 spiro atoms. The second-order valence-corrected chi connectivity index (χ2v) is 13.6. The fourth-order valence-corrected chi connectivity index (χ4v) is 7.15. The number of likely N-dealkylation sites (tertiary alicyclic amines) is 1. The number of anilines is 3. The van der Waals surface area contributed by atoms with Gasteiger partial charge in [0, 0.05) is 35.3 Å². The second-order valence-electron chi connectivity index (χ2n) is 11.9. The Kier molecular flexibility index (Phi) is 8.78. The van der Waals surface area contributed by atoms with E-state index >= 15 is 0 Å². The van der Waals surface area contributed by atoms with Gasteiger partial charge < -0.3 is 25.6 Å². The van der Waals surface area contributed by atoms with Gasteiger partial charge in [-0.05, 0) is 70.4 Å². The molecule has 2 saturated carbocycles. The molecule has 3 atom stereocenters. The van der Waals surface area contributed by atoms with Gasteiger partial charge in [0.05, 0.1) is 19.1 Å². The van der Waals surface area contributed by atoms with E-state index < -0.39 is 27.2 Å². The third-order valence-corrected chi connectivity index (χ3v) is 9.44. The Balaban J connectivity index is 1.33. The molecular formula is C28H38F3N7O4S. The second kappa shape index (κ2) is 12.1. The molecule has 3 fully saturated rings. The highest BCUT2D eigenvalue weighted by molar-refractivity contribution is 7.88. The maximum atomic E-state index is 13.9. The first-order valence-electron chi connectivity index (χ1n) is 14.4. The molecule has 2 heterocycles. The fraction of sp³-hybridized carbons (Fsp3) is 0.607. The summed E-state index contributed by atoms with van der Waals surface area (Å²) in [6, 6.07) is 4.09. The van der Waals surface area contributed by atoms with Gasteiger partial charge in [-0.25, -0.2) is 18.1 Å². The zero-order valence-electron chi connectivity index (χ0n) is 24.4. The molecular weight excluding hydrogens is 587 g/mol. The van der Waals surface area contributed by atoms with E-state index in [1.165, 1.54) is 7.11 Å². The van der Waals surface area contributed by atoms with Crippen LogP contribution in [0.1, 0.15) is 60.9 Å². The number of hydrogen-bond donors (Lipinski definition) is 4. The molecule has 0 bridgehead atoms. The standard InChI is InChI=1S/C28H38F3N7O4S/c1-38-12-9-18(10-13-38)33-25(39)17-7-8-20(21(14-17)42-2)34-26-32-16-19(28(29,30)31)24(36-26)35-23-15-27(23)11-5-4-6-22(27)37-43(3,40)41/h7-8,14,16,18,22-23,37H,4-6,9-13,15H2,1-3H3,(H,33,39)(H2,32,34,35,36)/t22-,23-,27-/m1/s1. The van der Waals surface area contributed by atoms with Crippen LogP contribution in [0.5, 0.6) is 5.75 Å². The lowest BCUT2D eigenvalue weighted by Gasteiger charge is -2.33. The number of benzene rings is 1. The molecule has 1 amide bonds. The van der Waals surface area contributed by atoms with Crippen LogP contribution in [0.4, 0.5) is 30.6 Å². The molecule has 0 radical (unpaired) electrons. The van der Waals surface area contributed by atoms with Crippen molar-refractivity contribution in [1.29, 1.82) is 0 Å². The van der Waals surface area contributed by atoms with Gasteiger partial charge in [0.15, 0.2) is 0 Å². The number of rotatable bonds is 9.